The Morgan fingerprint density at radius 1 is 1.00 bits per heavy atom. The molecule has 0 unspecified atom stereocenters. The fourth-order valence-corrected chi connectivity index (χ4v) is 3.43. The third-order valence-electron chi connectivity index (χ3n) is 3.97. The lowest BCUT2D eigenvalue weighted by Crippen LogP contribution is -2.15. The molecule has 0 bridgehead atoms. The Labute approximate surface area is 170 Å². The molecule has 0 atom stereocenters. The fraction of sp³-hybridized carbons (Fsp3) is 0.0476. The third kappa shape index (κ3) is 4.74. The molecular weight excluding hydrogens is 388 g/mol. The molecule has 7 nitrogen and oxygen atoms in total. The maximum Gasteiger partial charge on any atom is 0.291 e. The van der Waals surface area contributed by atoms with E-state index < -0.39 is 0 Å². The van der Waals surface area contributed by atoms with E-state index in [4.69, 9.17) is 4.42 Å². The average Bonchev–Trinajstić information content (AvgIpc) is 3.42. The van der Waals surface area contributed by atoms with Crippen LogP contribution < -0.4 is 10.6 Å². The normalized spacial score (nSPS) is 10.5. The van der Waals surface area contributed by atoms with Crippen molar-refractivity contribution in [1.29, 1.82) is 0 Å². The van der Waals surface area contributed by atoms with Gasteiger partial charge in [-0.2, -0.15) is 0 Å². The molecule has 0 radical (unpaired) electrons. The molecule has 0 aliphatic carbocycles. The number of benzene rings is 1. The average molecular weight is 404 g/mol. The number of aromatic nitrogens is 2. The van der Waals surface area contributed by atoms with Gasteiger partial charge >= 0.3 is 0 Å². The Morgan fingerprint density at radius 2 is 1.79 bits per heavy atom. The van der Waals surface area contributed by atoms with Crippen LogP contribution in [0.2, 0.25) is 0 Å². The van der Waals surface area contributed by atoms with Crippen molar-refractivity contribution in [1.82, 2.24) is 9.97 Å². The molecule has 1 aromatic carbocycles. The largest absolute Gasteiger partial charge is 0.459 e. The number of furan rings is 1. The second-order valence-corrected chi connectivity index (χ2v) is 6.98. The van der Waals surface area contributed by atoms with Crippen molar-refractivity contribution in [3.05, 3.63) is 84.0 Å². The summed E-state index contributed by atoms with van der Waals surface area (Å²) in [5.41, 5.74) is 2.86. The molecule has 0 aliphatic rings. The summed E-state index contributed by atoms with van der Waals surface area (Å²) >= 11 is 1.48. The van der Waals surface area contributed by atoms with E-state index >= 15 is 0 Å². The smallest absolute Gasteiger partial charge is 0.291 e. The van der Waals surface area contributed by atoms with Crippen LogP contribution in [-0.2, 0) is 11.2 Å². The molecule has 4 rings (SSSR count). The molecule has 3 aromatic heterocycles. The summed E-state index contributed by atoms with van der Waals surface area (Å²) in [6, 6.07) is 13.9. The summed E-state index contributed by atoms with van der Waals surface area (Å²) < 4.78 is 5.05. The van der Waals surface area contributed by atoms with Crippen molar-refractivity contribution in [3.8, 4) is 10.6 Å². The van der Waals surface area contributed by atoms with Crippen molar-refractivity contribution in [2.75, 3.05) is 10.6 Å². The number of nitrogens with one attached hydrogen (secondary N) is 2. The van der Waals surface area contributed by atoms with E-state index in [1.165, 1.54) is 17.6 Å². The first-order valence-electron chi connectivity index (χ1n) is 8.77. The van der Waals surface area contributed by atoms with Gasteiger partial charge in [0.2, 0.25) is 5.91 Å². The van der Waals surface area contributed by atoms with E-state index in [9.17, 15) is 9.59 Å². The second-order valence-electron chi connectivity index (χ2n) is 6.12. The van der Waals surface area contributed by atoms with Crippen molar-refractivity contribution in [2.45, 2.75) is 6.42 Å². The lowest BCUT2D eigenvalue weighted by atomic mass is 10.2. The van der Waals surface area contributed by atoms with Crippen LogP contribution in [0.3, 0.4) is 0 Å². The Hall–Kier alpha value is -3.78. The third-order valence-corrected chi connectivity index (χ3v) is 4.91. The summed E-state index contributed by atoms with van der Waals surface area (Å²) in [5.74, 6) is -0.267. The minimum atomic E-state index is -0.334. The first kappa shape index (κ1) is 18.6. The van der Waals surface area contributed by atoms with Gasteiger partial charge in [0, 0.05) is 34.7 Å². The van der Waals surface area contributed by atoms with E-state index in [1.54, 1.807) is 48.8 Å². The van der Waals surface area contributed by atoms with Gasteiger partial charge in [0.05, 0.1) is 18.4 Å². The number of nitrogens with zero attached hydrogens (tertiary/aromatic N) is 2. The zero-order chi connectivity index (χ0) is 20.1. The maximum absolute atomic E-state index is 12.3. The number of thiazole rings is 1. The molecular formula is C21H16N4O3S. The summed E-state index contributed by atoms with van der Waals surface area (Å²) in [4.78, 5) is 32.8. The van der Waals surface area contributed by atoms with Crippen molar-refractivity contribution < 1.29 is 14.0 Å². The van der Waals surface area contributed by atoms with E-state index in [0.29, 0.717) is 17.1 Å². The number of hydrogen-bond acceptors (Lipinski definition) is 6. The molecule has 29 heavy (non-hydrogen) atoms. The number of anilines is 2. The van der Waals surface area contributed by atoms with E-state index in [0.717, 1.165) is 10.6 Å². The number of amides is 2. The second kappa shape index (κ2) is 8.49. The summed E-state index contributed by atoms with van der Waals surface area (Å²) in [6.45, 7) is 0. The van der Waals surface area contributed by atoms with Gasteiger partial charge in [0.1, 0.15) is 5.01 Å². The first-order valence-corrected chi connectivity index (χ1v) is 9.65. The Kier molecular flexibility index (Phi) is 5.44. The Bertz CT molecular complexity index is 1110. The zero-order valence-corrected chi connectivity index (χ0v) is 16.0. The van der Waals surface area contributed by atoms with E-state index in [2.05, 4.69) is 20.6 Å². The van der Waals surface area contributed by atoms with Crippen LogP contribution in [-0.4, -0.2) is 21.8 Å². The number of pyridine rings is 1. The van der Waals surface area contributed by atoms with Gasteiger partial charge in [0.15, 0.2) is 5.76 Å². The van der Waals surface area contributed by atoms with Crippen LogP contribution in [0.15, 0.2) is 77.0 Å². The Morgan fingerprint density at radius 3 is 2.48 bits per heavy atom. The number of carbonyl (C=O) groups is 2. The molecule has 2 amide bonds. The molecule has 0 spiro atoms. The highest BCUT2D eigenvalue weighted by atomic mass is 32.1. The molecule has 4 aromatic rings. The van der Waals surface area contributed by atoms with Crippen LogP contribution in [0.5, 0.6) is 0 Å². The SMILES string of the molecule is O=C(Cc1csc(-c2cccnc2)n1)Nc1ccc(NC(=O)c2ccco2)cc1. The van der Waals surface area contributed by atoms with Gasteiger partial charge in [-0.1, -0.05) is 0 Å². The van der Waals surface area contributed by atoms with E-state index in [-0.39, 0.29) is 24.0 Å². The van der Waals surface area contributed by atoms with Crippen LogP contribution >= 0.6 is 11.3 Å². The molecule has 0 fully saturated rings. The van der Waals surface area contributed by atoms with Gasteiger partial charge in [-0.15, -0.1) is 11.3 Å². The lowest BCUT2D eigenvalue weighted by molar-refractivity contribution is -0.115. The van der Waals surface area contributed by atoms with Gasteiger partial charge in [-0.05, 0) is 48.5 Å². The van der Waals surface area contributed by atoms with Crippen LogP contribution in [0.1, 0.15) is 16.2 Å². The molecule has 144 valence electrons. The molecule has 2 N–H and O–H groups in total. The molecule has 0 saturated heterocycles. The highest BCUT2D eigenvalue weighted by molar-refractivity contribution is 7.13. The number of rotatable bonds is 6. The van der Waals surface area contributed by atoms with Crippen LogP contribution in [0.25, 0.3) is 10.6 Å². The Balaban J connectivity index is 1.33. The standard InChI is InChI=1S/C21H16N4O3S/c26-19(11-17-13-29-21(25-17)14-3-1-9-22-12-14)23-15-5-7-16(8-6-15)24-20(27)18-4-2-10-28-18/h1-10,12-13H,11H2,(H,23,26)(H,24,27). The van der Waals surface area contributed by atoms with Crippen molar-refractivity contribution in [2.24, 2.45) is 0 Å². The zero-order valence-electron chi connectivity index (χ0n) is 15.2. The molecule has 0 saturated carbocycles. The molecule has 8 heteroatoms. The van der Waals surface area contributed by atoms with E-state index in [1.807, 2.05) is 17.5 Å². The van der Waals surface area contributed by atoms with Crippen LogP contribution in [0, 0.1) is 0 Å². The maximum atomic E-state index is 12.3. The van der Waals surface area contributed by atoms with Gasteiger partial charge in [-0.25, -0.2) is 4.98 Å². The predicted octanol–water partition coefficient (Wildman–Crippen LogP) is 4.23. The number of hydrogen-bond donors (Lipinski definition) is 2. The lowest BCUT2D eigenvalue weighted by Gasteiger charge is -2.07. The van der Waals surface area contributed by atoms with Gasteiger partial charge in [-0.3, -0.25) is 14.6 Å². The minimum absolute atomic E-state index is 0.166. The van der Waals surface area contributed by atoms with Crippen LogP contribution in [0.4, 0.5) is 11.4 Å². The quantitative estimate of drug-likeness (QED) is 0.501. The van der Waals surface area contributed by atoms with Crippen molar-refractivity contribution in [3.63, 3.8) is 0 Å². The summed E-state index contributed by atoms with van der Waals surface area (Å²) in [7, 11) is 0. The molecule has 3 heterocycles. The predicted molar refractivity (Wildman–Crippen MR) is 111 cm³/mol. The van der Waals surface area contributed by atoms with Gasteiger partial charge < -0.3 is 15.1 Å². The van der Waals surface area contributed by atoms with Crippen molar-refractivity contribution >= 4 is 34.5 Å². The monoisotopic (exact) mass is 404 g/mol. The fourth-order valence-electron chi connectivity index (χ4n) is 2.62. The highest BCUT2D eigenvalue weighted by Crippen LogP contribution is 2.23. The first-order chi connectivity index (χ1) is 14.2. The minimum Gasteiger partial charge on any atom is -0.459 e. The molecule has 0 aliphatic heterocycles. The number of carbonyl (C=O) groups excluding carboxylic acids is 2. The summed E-state index contributed by atoms with van der Waals surface area (Å²) in [5, 5.41) is 8.25. The van der Waals surface area contributed by atoms with Gasteiger partial charge in [0.25, 0.3) is 5.91 Å². The topological polar surface area (TPSA) is 97.1 Å². The summed E-state index contributed by atoms with van der Waals surface area (Å²) in [6.07, 6.45) is 5.07. The highest BCUT2D eigenvalue weighted by Gasteiger charge is 2.11.